The molecule has 0 unspecified atom stereocenters. The second-order valence-electron chi connectivity index (χ2n) is 5.52. The number of carbonyl (C=O) groups excluding carboxylic acids is 1. The van der Waals surface area contributed by atoms with Gasteiger partial charge in [-0.3, -0.25) is 0 Å². The number of cyclic esters (lactones) is 1. The number of halogens is 1. The lowest BCUT2D eigenvalue weighted by Crippen LogP contribution is -2.07. The quantitative estimate of drug-likeness (QED) is 0.551. The Kier molecular flexibility index (Phi) is 5.66. The molecule has 7 heteroatoms. The molecule has 0 aliphatic carbocycles. The molecule has 27 heavy (non-hydrogen) atoms. The molecule has 0 radical (unpaired) electrons. The third kappa shape index (κ3) is 4.06. The van der Waals surface area contributed by atoms with Crippen molar-refractivity contribution < 1.29 is 23.7 Å². The van der Waals surface area contributed by atoms with E-state index < -0.39 is 5.97 Å². The number of esters is 1. The van der Waals surface area contributed by atoms with Crippen LogP contribution in [0, 0.1) is 0 Å². The largest absolute Gasteiger partial charge is 0.496 e. The fourth-order valence-corrected chi connectivity index (χ4v) is 2.75. The Morgan fingerprint density at radius 1 is 1.07 bits per heavy atom. The highest BCUT2D eigenvalue weighted by Gasteiger charge is 2.26. The number of carbonyl (C=O) groups is 1. The van der Waals surface area contributed by atoms with Gasteiger partial charge in [-0.25, -0.2) is 9.79 Å². The number of hydrogen-bond donors (Lipinski definition) is 0. The number of rotatable bonds is 6. The van der Waals surface area contributed by atoms with E-state index in [1.807, 2.05) is 6.92 Å². The Morgan fingerprint density at radius 3 is 2.52 bits per heavy atom. The molecule has 0 saturated heterocycles. The van der Waals surface area contributed by atoms with Gasteiger partial charge < -0.3 is 18.9 Å². The first kappa shape index (κ1) is 18.8. The summed E-state index contributed by atoms with van der Waals surface area (Å²) in [7, 11) is 3.09. The van der Waals surface area contributed by atoms with Crippen molar-refractivity contribution in [3.63, 3.8) is 0 Å². The van der Waals surface area contributed by atoms with Gasteiger partial charge in [0.25, 0.3) is 0 Å². The molecular weight excluding hydrogens is 370 g/mol. The van der Waals surface area contributed by atoms with Gasteiger partial charge in [-0.1, -0.05) is 17.7 Å². The molecule has 0 fully saturated rings. The van der Waals surface area contributed by atoms with Crippen molar-refractivity contribution in [2.24, 2.45) is 4.99 Å². The Bertz CT molecular complexity index is 936. The summed E-state index contributed by atoms with van der Waals surface area (Å²) in [4.78, 5) is 16.5. The van der Waals surface area contributed by atoms with Gasteiger partial charge in [0, 0.05) is 5.02 Å². The molecule has 6 nitrogen and oxygen atoms in total. The summed E-state index contributed by atoms with van der Waals surface area (Å²) in [5.74, 6) is 1.29. The van der Waals surface area contributed by atoms with Gasteiger partial charge in [0.1, 0.15) is 5.75 Å². The van der Waals surface area contributed by atoms with Crippen LogP contribution in [0.3, 0.4) is 0 Å². The Hall–Kier alpha value is -2.99. The zero-order chi connectivity index (χ0) is 19.4. The van der Waals surface area contributed by atoms with Crippen LogP contribution in [-0.4, -0.2) is 32.7 Å². The number of hydrogen-bond acceptors (Lipinski definition) is 6. The van der Waals surface area contributed by atoms with Crippen molar-refractivity contribution in [3.8, 4) is 17.2 Å². The van der Waals surface area contributed by atoms with Crippen LogP contribution in [0.4, 0.5) is 0 Å². The molecule has 0 amide bonds. The van der Waals surface area contributed by atoms with Crippen LogP contribution in [0.15, 0.2) is 47.1 Å². The zero-order valence-electron chi connectivity index (χ0n) is 15.1. The third-order valence-corrected chi connectivity index (χ3v) is 4.04. The molecule has 0 atom stereocenters. The SMILES string of the molecule is CCOc1cc(/C=C2\N=C(c3cc(Cl)ccc3OC)OC2=O)ccc1OC. The maximum atomic E-state index is 12.2. The van der Waals surface area contributed by atoms with Crippen molar-refractivity contribution in [2.75, 3.05) is 20.8 Å². The lowest BCUT2D eigenvalue weighted by atomic mass is 10.1. The van der Waals surface area contributed by atoms with Crippen LogP contribution >= 0.6 is 11.6 Å². The van der Waals surface area contributed by atoms with Crippen LogP contribution in [0.2, 0.25) is 5.02 Å². The standard InChI is InChI=1S/C20H18ClNO5/c1-4-26-18-10-12(5-7-17(18)25-3)9-15-20(23)27-19(22-15)14-11-13(21)6-8-16(14)24-2/h5-11H,4H2,1-3H3/b15-9-. The minimum Gasteiger partial charge on any atom is -0.496 e. The van der Waals surface area contributed by atoms with E-state index in [0.717, 1.165) is 5.56 Å². The molecular formula is C20H18ClNO5. The summed E-state index contributed by atoms with van der Waals surface area (Å²) in [6.45, 7) is 2.38. The summed E-state index contributed by atoms with van der Waals surface area (Å²) in [6.07, 6.45) is 1.62. The van der Waals surface area contributed by atoms with Gasteiger partial charge in [-0.2, -0.15) is 0 Å². The maximum Gasteiger partial charge on any atom is 0.363 e. The van der Waals surface area contributed by atoms with E-state index in [2.05, 4.69) is 4.99 Å². The molecule has 0 N–H and O–H groups in total. The molecule has 140 valence electrons. The third-order valence-electron chi connectivity index (χ3n) is 3.80. The van der Waals surface area contributed by atoms with E-state index >= 15 is 0 Å². The predicted octanol–water partition coefficient (Wildman–Crippen LogP) is 4.10. The van der Waals surface area contributed by atoms with Crippen LogP contribution in [0.25, 0.3) is 6.08 Å². The van der Waals surface area contributed by atoms with Crippen molar-refractivity contribution in [1.82, 2.24) is 0 Å². The van der Waals surface area contributed by atoms with Gasteiger partial charge >= 0.3 is 5.97 Å². The number of methoxy groups -OCH3 is 2. The van der Waals surface area contributed by atoms with Crippen molar-refractivity contribution in [1.29, 1.82) is 0 Å². The molecule has 0 aromatic heterocycles. The normalized spacial score (nSPS) is 14.7. The average molecular weight is 388 g/mol. The summed E-state index contributed by atoms with van der Waals surface area (Å²) >= 11 is 6.04. The average Bonchev–Trinajstić information content (AvgIpc) is 3.02. The minimum atomic E-state index is -0.555. The molecule has 1 aliphatic rings. The van der Waals surface area contributed by atoms with Crippen LogP contribution in [-0.2, 0) is 9.53 Å². The van der Waals surface area contributed by atoms with E-state index in [1.54, 1.807) is 49.6 Å². The van der Waals surface area contributed by atoms with Gasteiger partial charge in [0.2, 0.25) is 5.90 Å². The van der Waals surface area contributed by atoms with Crippen LogP contribution < -0.4 is 14.2 Å². The second kappa shape index (κ2) is 8.14. The van der Waals surface area contributed by atoms with E-state index in [9.17, 15) is 4.79 Å². The first-order valence-corrected chi connectivity index (χ1v) is 8.60. The maximum absolute atomic E-state index is 12.2. The van der Waals surface area contributed by atoms with Crippen molar-refractivity contribution in [2.45, 2.75) is 6.92 Å². The summed E-state index contributed by atoms with van der Waals surface area (Å²) in [5, 5.41) is 0.485. The van der Waals surface area contributed by atoms with E-state index in [-0.39, 0.29) is 11.6 Å². The molecule has 0 bridgehead atoms. The molecule has 3 rings (SSSR count). The number of ether oxygens (including phenoxy) is 4. The van der Waals surface area contributed by atoms with Crippen molar-refractivity contribution in [3.05, 3.63) is 58.2 Å². The first-order chi connectivity index (χ1) is 13.0. The minimum absolute atomic E-state index is 0.143. The van der Waals surface area contributed by atoms with Gasteiger partial charge in [0.15, 0.2) is 17.2 Å². The Morgan fingerprint density at radius 2 is 1.81 bits per heavy atom. The van der Waals surface area contributed by atoms with Gasteiger partial charge in [-0.05, 0) is 48.9 Å². The Labute approximate surface area is 162 Å². The van der Waals surface area contributed by atoms with E-state index in [1.165, 1.54) is 7.11 Å². The van der Waals surface area contributed by atoms with Gasteiger partial charge in [0.05, 0.1) is 26.4 Å². The zero-order valence-corrected chi connectivity index (χ0v) is 15.9. The van der Waals surface area contributed by atoms with Crippen LogP contribution in [0.1, 0.15) is 18.1 Å². The predicted molar refractivity (Wildman–Crippen MR) is 103 cm³/mol. The number of benzene rings is 2. The molecule has 0 saturated carbocycles. The summed E-state index contributed by atoms with van der Waals surface area (Å²) in [5.41, 5.74) is 1.40. The highest BCUT2D eigenvalue weighted by atomic mass is 35.5. The lowest BCUT2D eigenvalue weighted by molar-refractivity contribution is -0.129. The van der Waals surface area contributed by atoms with E-state index in [0.29, 0.717) is 34.4 Å². The van der Waals surface area contributed by atoms with Crippen molar-refractivity contribution >= 4 is 29.5 Å². The fraction of sp³-hybridized carbons (Fsp3) is 0.200. The molecule has 2 aromatic carbocycles. The summed E-state index contributed by atoms with van der Waals surface area (Å²) in [6, 6.07) is 10.3. The lowest BCUT2D eigenvalue weighted by Gasteiger charge is -2.09. The smallest absolute Gasteiger partial charge is 0.363 e. The molecule has 2 aromatic rings. The topological polar surface area (TPSA) is 66.3 Å². The highest BCUT2D eigenvalue weighted by Crippen LogP contribution is 2.31. The van der Waals surface area contributed by atoms with Gasteiger partial charge in [-0.15, -0.1) is 0 Å². The fourth-order valence-electron chi connectivity index (χ4n) is 2.58. The second-order valence-corrected chi connectivity index (χ2v) is 5.96. The van der Waals surface area contributed by atoms with E-state index in [4.69, 9.17) is 30.5 Å². The number of nitrogens with zero attached hydrogens (tertiary/aromatic N) is 1. The number of aliphatic imine (C=N–C) groups is 1. The molecule has 0 spiro atoms. The summed E-state index contributed by atoms with van der Waals surface area (Å²) < 4.78 is 21.4. The highest BCUT2D eigenvalue weighted by molar-refractivity contribution is 6.31. The molecule has 1 heterocycles. The van der Waals surface area contributed by atoms with Crippen LogP contribution in [0.5, 0.6) is 17.2 Å². The first-order valence-electron chi connectivity index (χ1n) is 8.23. The monoisotopic (exact) mass is 387 g/mol. The Balaban J connectivity index is 1.97. The molecule has 1 aliphatic heterocycles.